The van der Waals surface area contributed by atoms with Gasteiger partial charge in [0.25, 0.3) is 0 Å². The monoisotopic (exact) mass is 555 g/mol. The summed E-state index contributed by atoms with van der Waals surface area (Å²) in [5.41, 5.74) is 14.0. The number of ether oxygens (including phenoxy) is 1. The number of amides is 1. The van der Waals surface area contributed by atoms with Crippen molar-refractivity contribution in [3.8, 4) is 17.1 Å². The van der Waals surface area contributed by atoms with Gasteiger partial charge in [-0.3, -0.25) is 9.69 Å². The Morgan fingerprint density at radius 3 is 2.54 bits per heavy atom. The van der Waals surface area contributed by atoms with E-state index in [1.54, 1.807) is 7.11 Å². The number of hydrogen-bond acceptors (Lipinski definition) is 7. The molecule has 1 aliphatic carbocycles. The van der Waals surface area contributed by atoms with Gasteiger partial charge in [-0.05, 0) is 55.8 Å². The van der Waals surface area contributed by atoms with Gasteiger partial charge in [0.15, 0.2) is 5.65 Å². The number of methoxy groups -OCH3 is 1. The van der Waals surface area contributed by atoms with E-state index in [2.05, 4.69) is 68.6 Å². The summed E-state index contributed by atoms with van der Waals surface area (Å²) in [4.78, 5) is 25.7. The lowest BCUT2D eigenvalue weighted by atomic mass is 9.98. The van der Waals surface area contributed by atoms with E-state index in [4.69, 9.17) is 26.9 Å². The van der Waals surface area contributed by atoms with E-state index >= 15 is 0 Å². The molecule has 1 aliphatic heterocycles. The molecule has 0 bridgehead atoms. The number of nitrogens with one attached hydrogen (secondary N) is 1. The van der Waals surface area contributed by atoms with Gasteiger partial charge in [-0.25, -0.2) is 9.97 Å². The van der Waals surface area contributed by atoms with Crippen LogP contribution in [0.25, 0.3) is 22.6 Å². The number of aromatic amines is 1. The molecule has 1 atom stereocenters. The fraction of sp³-hybridized carbons (Fsp3) is 0.483. The van der Waals surface area contributed by atoms with Crippen LogP contribution in [-0.4, -0.2) is 71.0 Å². The number of aromatic nitrogens is 3. The number of nitrogen functional groups attached to an aromatic ring is 1. The lowest BCUT2D eigenvalue weighted by molar-refractivity contribution is -0.106. The predicted molar refractivity (Wildman–Crippen MR) is 160 cm³/mol. The van der Waals surface area contributed by atoms with Crippen LogP contribution in [-0.2, 0) is 11.3 Å². The summed E-state index contributed by atoms with van der Waals surface area (Å²) in [6.45, 7) is 11.1. The van der Waals surface area contributed by atoms with Crippen molar-refractivity contribution in [2.75, 3.05) is 45.6 Å². The zero-order valence-corrected chi connectivity index (χ0v) is 24.1. The van der Waals surface area contributed by atoms with Crippen molar-refractivity contribution in [2.24, 2.45) is 11.7 Å². The number of carbonyl (C=O) groups is 1. The number of hydrogen-bond donors (Lipinski definition) is 3. The Kier molecular flexibility index (Phi) is 12.0. The quantitative estimate of drug-likeness (QED) is 0.293. The lowest BCUT2D eigenvalue weighted by Crippen LogP contribution is -2.45. The smallest absolute Gasteiger partial charge is 0.204 e. The Morgan fingerprint density at radius 1 is 1.23 bits per heavy atom. The minimum Gasteiger partial charge on any atom is -0.496 e. The molecule has 3 aromatic rings. The summed E-state index contributed by atoms with van der Waals surface area (Å²) in [7, 11) is 1.68. The fourth-order valence-electron chi connectivity index (χ4n) is 4.84. The predicted octanol–water partition coefficient (Wildman–Crippen LogP) is 4.86. The molecule has 39 heavy (non-hydrogen) atoms. The van der Waals surface area contributed by atoms with Gasteiger partial charge < -0.3 is 26.1 Å². The van der Waals surface area contributed by atoms with Crippen LogP contribution in [0.4, 0.5) is 5.69 Å². The van der Waals surface area contributed by atoms with E-state index < -0.39 is 0 Å². The highest BCUT2D eigenvalue weighted by molar-refractivity contribution is 6.34. The Balaban J connectivity index is 0.000000356. The first-order chi connectivity index (χ1) is 18.9. The van der Waals surface area contributed by atoms with Crippen LogP contribution in [0.5, 0.6) is 5.75 Å². The summed E-state index contributed by atoms with van der Waals surface area (Å²) in [5.74, 6) is 2.29. The van der Waals surface area contributed by atoms with Crippen molar-refractivity contribution in [3.05, 3.63) is 47.1 Å². The first-order valence-electron chi connectivity index (χ1n) is 13.6. The van der Waals surface area contributed by atoms with Gasteiger partial charge >= 0.3 is 0 Å². The number of rotatable bonds is 6. The number of imidazole rings is 1. The molecule has 1 fully saturated rings. The van der Waals surface area contributed by atoms with Crippen LogP contribution in [0.3, 0.4) is 0 Å². The third-order valence-corrected chi connectivity index (χ3v) is 7.24. The van der Waals surface area contributed by atoms with Crippen LogP contribution in [0, 0.1) is 5.92 Å². The van der Waals surface area contributed by atoms with Crippen molar-refractivity contribution in [1.29, 1.82) is 0 Å². The SMILES string of the molecule is CCCN1CCN(Cc2ccc(-c3nc4ncc(Cl)c(N)c4[nH]3)c(OC)c2)CC1.C[C@@H]1C=CCCC1.NC=O. The molecular formula is C29H42ClN7O2. The second kappa shape index (κ2) is 15.5. The van der Waals surface area contributed by atoms with Crippen molar-refractivity contribution < 1.29 is 9.53 Å². The van der Waals surface area contributed by atoms with E-state index in [9.17, 15) is 0 Å². The number of pyridine rings is 1. The summed E-state index contributed by atoms with van der Waals surface area (Å²) in [6, 6.07) is 6.26. The highest BCUT2D eigenvalue weighted by Gasteiger charge is 2.18. The number of nitrogens with two attached hydrogens (primary N) is 2. The number of nitrogens with zero attached hydrogens (tertiary/aromatic N) is 4. The van der Waals surface area contributed by atoms with Gasteiger partial charge in [0, 0.05) is 32.7 Å². The first-order valence-corrected chi connectivity index (χ1v) is 14.0. The van der Waals surface area contributed by atoms with Gasteiger partial charge in [0.1, 0.15) is 17.1 Å². The second-order valence-electron chi connectivity index (χ2n) is 9.93. The largest absolute Gasteiger partial charge is 0.496 e. The highest BCUT2D eigenvalue weighted by Crippen LogP contribution is 2.33. The number of primary amides is 1. The van der Waals surface area contributed by atoms with Crippen LogP contribution < -0.4 is 16.2 Å². The standard InChI is InChI=1S/C21H27ClN6O.C7H12.CH3NO/c1-3-6-27-7-9-28(10-8-27)13-14-4-5-15(17(11-14)29-2)20-25-19-18(23)16(22)12-24-21(19)26-20;1-7-5-3-2-4-6-7;2-1-3/h4-5,11-12H,3,6-10,13H2,1-2H3,(H3,23,24,25,26);3,5,7H,2,4,6H2,1H3;1H,(H2,2,3)/t;7-;/m.1./s1. The molecule has 0 unspecified atom stereocenters. The average Bonchev–Trinajstić information content (AvgIpc) is 3.38. The number of benzene rings is 1. The zero-order valence-electron chi connectivity index (χ0n) is 23.3. The molecule has 1 saturated heterocycles. The molecule has 0 spiro atoms. The van der Waals surface area contributed by atoms with Crippen LogP contribution in [0.1, 0.15) is 45.1 Å². The van der Waals surface area contributed by atoms with Gasteiger partial charge in [0.05, 0.1) is 29.6 Å². The number of piperazine rings is 1. The van der Waals surface area contributed by atoms with E-state index in [1.165, 1.54) is 44.0 Å². The Morgan fingerprint density at radius 2 is 1.95 bits per heavy atom. The van der Waals surface area contributed by atoms with Crippen molar-refractivity contribution >= 4 is 34.9 Å². The summed E-state index contributed by atoms with van der Waals surface area (Å²) < 4.78 is 5.66. The Bertz CT molecular complexity index is 1220. The van der Waals surface area contributed by atoms with E-state index in [-0.39, 0.29) is 6.41 Å². The molecule has 2 aromatic heterocycles. The van der Waals surface area contributed by atoms with Crippen LogP contribution in [0.2, 0.25) is 5.02 Å². The van der Waals surface area contributed by atoms with Crippen molar-refractivity contribution in [1.82, 2.24) is 24.8 Å². The maximum Gasteiger partial charge on any atom is 0.204 e. The van der Waals surface area contributed by atoms with Crippen molar-refractivity contribution in [3.63, 3.8) is 0 Å². The first kappa shape index (κ1) is 30.4. The number of H-pyrrole nitrogens is 1. The average molecular weight is 556 g/mol. The third-order valence-electron chi connectivity index (χ3n) is 6.94. The maximum absolute atomic E-state index is 8.58. The lowest BCUT2D eigenvalue weighted by Gasteiger charge is -2.34. The number of carbonyl (C=O) groups excluding carboxylic acids is 1. The second-order valence-corrected chi connectivity index (χ2v) is 10.3. The summed E-state index contributed by atoms with van der Waals surface area (Å²) in [5, 5.41) is 0.411. The normalized spacial score (nSPS) is 17.6. The number of allylic oxidation sites excluding steroid dienone is 2. The number of anilines is 1. The molecule has 5 rings (SSSR count). The van der Waals surface area contributed by atoms with Crippen LogP contribution in [0.15, 0.2) is 36.5 Å². The molecular weight excluding hydrogens is 514 g/mol. The molecule has 9 nitrogen and oxygen atoms in total. The van der Waals surface area contributed by atoms with Crippen molar-refractivity contribution in [2.45, 2.75) is 46.1 Å². The molecule has 1 amide bonds. The molecule has 3 heterocycles. The zero-order chi connectivity index (χ0) is 28.2. The fourth-order valence-corrected chi connectivity index (χ4v) is 4.98. The van der Waals surface area contributed by atoms with Gasteiger partial charge in [-0.1, -0.05) is 43.7 Å². The molecule has 212 valence electrons. The van der Waals surface area contributed by atoms with Crippen LogP contribution >= 0.6 is 11.6 Å². The minimum absolute atomic E-state index is 0.250. The van der Waals surface area contributed by atoms with Gasteiger partial charge in [0.2, 0.25) is 6.41 Å². The highest BCUT2D eigenvalue weighted by atomic mass is 35.5. The van der Waals surface area contributed by atoms with E-state index in [0.717, 1.165) is 50.0 Å². The minimum atomic E-state index is 0.250. The molecule has 1 aromatic carbocycles. The Labute approximate surface area is 236 Å². The van der Waals surface area contributed by atoms with Gasteiger partial charge in [-0.15, -0.1) is 0 Å². The molecule has 2 aliphatic rings. The van der Waals surface area contributed by atoms with Gasteiger partial charge in [-0.2, -0.15) is 0 Å². The number of fused-ring (bicyclic) bond motifs is 1. The molecule has 0 radical (unpaired) electrons. The van der Waals surface area contributed by atoms with E-state index in [1.807, 2.05) is 6.07 Å². The summed E-state index contributed by atoms with van der Waals surface area (Å²) in [6.07, 6.45) is 11.7. The van der Waals surface area contributed by atoms with E-state index in [0.29, 0.717) is 27.7 Å². The topological polar surface area (TPSA) is 126 Å². The molecule has 10 heteroatoms. The Hall–Kier alpha value is -3.14. The molecule has 5 N–H and O–H groups in total. The number of halogens is 1. The maximum atomic E-state index is 8.58. The summed E-state index contributed by atoms with van der Waals surface area (Å²) >= 11 is 6.07. The third kappa shape index (κ3) is 8.68. The molecule has 0 saturated carbocycles.